The summed E-state index contributed by atoms with van der Waals surface area (Å²) in [5, 5.41) is 0. The number of ether oxygens (including phenoxy) is 1. The average Bonchev–Trinajstić information content (AvgIpc) is 2.94. The molecule has 2 aromatic rings. The van der Waals surface area contributed by atoms with Crippen LogP contribution in [0.15, 0.2) is 60.7 Å². The van der Waals surface area contributed by atoms with Gasteiger partial charge in [-0.1, -0.05) is 145 Å². The van der Waals surface area contributed by atoms with Crippen molar-refractivity contribution in [2.75, 3.05) is 6.61 Å². The van der Waals surface area contributed by atoms with E-state index in [0.29, 0.717) is 0 Å². The van der Waals surface area contributed by atoms with Gasteiger partial charge >= 0.3 is 0 Å². The van der Waals surface area contributed by atoms with Crippen molar-refractivity contribution in [3.8, 4) is 0 Å². The van der Waals surface area contributed by atoms with E-state index >= 15 is 0 Å². The predicted octanol–water partition coefficient (Wildman–Crippen LogP) is 10.8. The lowest BCUT2D eigenvalue weighted by Gasteiger charge is -2.28. The van der Waals surface area contributed by atoms with Crippen LogP contribution in [0.25, 0.3) is 6.08 Å². The van der Waals surface area contributed by atoms with E-state index in [9.17, 15) is 0 Å². The molecule has 1 atom stereocenters. The van der Waals surface area contributed by atoms with Crippen molar-refractivity contribution in [2.24, 2.45) is 17.8 Å². The first kappa shape index (κ1) is 29.7. The summed E-state index contributed by atoms with van der Waals surface area (Å²) in [6.07, 6.45) is 25.2. The molecule has 2 aromatic carbocycles. The molecule has 0 amide bonds. The van der Waals surface area contributed by atoms with E-state index in [1.54, 1.807) is 0 Å². The van der Waals surface area contributed by atoms with Crippen LogP contribution in [0.3, 0.4) is 0 Å². The molecule has 0 heterocycles. The maximum Gasteiger partial charge on any atom is 0.0716 e. The molecule has 0 aromatic heterocycles. The summed E-state index contributed by atoms with van der Waals surface area (Å²) in [6.45, 7) is 6.27. The number of aryl methyl sites for hydroxylation is 1. The van der Waals surface area contributed by atoms with Gasteiger partial charge in [0.2, 0.25) is 0 Å². The fourth-order valence-electron chi connectivity index (χ4n) is 5.99. The molecule has 0 saturated heterocycles. The summed E-state index contributed by atoms with van der Waals surface area (Å²) in [7, 11) is 0. The summed E-state index contributed by atoms with van der Waals surface area (Å²) >= 11 is 0. The molecular weight excluding hydrogens is 448 g/mol. The monoisotopic (exact) mass is 502 g/mol. The standard InChI is InChI=1S/C36H54O/c1-3-4-15-32-21-23-34(24-22-32)17-10-11-18-35-27-25-33(26-28-35)16-9-8-13-31(2)14-12-29-37-30-36-19-6-5-7-20-36/h4-7,15,19-24,31,33,35H,3,8-14,16-18,25-30H2,1-2H3/b15-4+. The first-order valence-corrected chi connectivity index (χ1v) is 15.6. The summed E-state index contributed by atoms with van der Waals surface area (Å²) in [5.41, 5.74) is 4.11. The van der Waals surface area contributed by atoms with Gasteiger partial charge in [0.15, 0.2) is 0 Å². The summed E-state index contributed by atoms with van der Waals surface area (Å²) < 4.78 is 5.85. The third-order valence-electron chi connectivity index (χ3n) is 8.48. The molecule has 1 unspecified atom stereocenters. The van der Waals surface area contributed by atoms with Crippen LogP contribution in [0.4, 0.5) is 0 Å². The zero-order valence-electron chi connectivity index (χ0n) is 24.0. The Hall–Kier alpha value is -1.86. The van der Waals surface area contributed by atoms with Crippen molar-refractivity contribution in [1.29, 1.82) is 0 Å². The van der Waals surface area contributed by atoms with Crippen LogP contribution >= 0.6 is 0 Å². The van der Waals surface area contributed by atoms with Gasteiger partial charge in [-0.3, -0.25) is 0 Å². The molecule has 3 rings (SSSR count). The second-order valence-electron chi connectivity index (χ2n) is 11.8. The van der Waals surface area contributed by atoms with Gasteiger partial charge in [0.05, 0.1) is 6.61 Å². The zero-order valence-corrected chi connectivity index (χ0v) is 24.0. The van der Waals surface area contributed by atoms with Gasteiger partial charge < -0.3 is 4.74 Å². The molecule has 0 spiro atoms. The Morgan fingerprint density at radius 1 is 0.757 bits per heavy atom. The highest BCUT2D eigenvalue weighted by Crippen LogP contribution is 2.34. The molecule has 1 aliphatic rings. The van der Waals surface area contributed by atoms with Crippen molar-refractivity contribution in [2.45, 2.75) is 117 Å². The first-order valence-electron chi connectivity index (χ1n) is 15.6. The molecule has 204 valence electrons. The highest BCUT2D eigenvalue weighted by Gasteiger charge is 2.20. The summed E-state index contributed by atoms with van der Waals surface area (Å²) in [6, 6.07) is 19.7. The number of rotatable bonds is 18. The molecule has 0 radical (unpaired) electrons. The Kier molecular flexibility index (Phi) is 14.8. The minimum Gasteiger partial charge on any atom is -0.377 e. The molecule has 1 aliphatic carbocycles. The largest absolute Gasteiger partial charge is 0.377 e. The topological polar surface area (TPSA) is 9.23 Å². The number of hydrogen-bond acceptors (Lipinski definition) is 1. The van der Waals surface area contributed by atoms with Crippen LogP contribution in [-0.4, -0.2) is 6.61 Å². The van der Waals surface area contributed by atoms with Crippen LogP contribution in [0, 0.1) is 17.8 Å². The van der Waals surface area contributed by atoms with Crippen molar-refractivity contribution in [3.63, 3.8) is 0 Å². The second kappa shape index (κ2) is 18.4. The SMILES string of the molecule is CC/C=C/c1ccc(CCCCC2CCC(CCCCC(C)CCCOCc3ccccc3)CC2)cc1. The van der Waals surface area contributed by atoms with Gasteiger partial charge in [-0.25, -0.2) is 0 Å². The fraction of sp³-hybridized carbons (Fsp3) is 0.611. The molecule has 1 nitrogen and oxygen atoms in total. The predicted molar refractivity (Wildman–Crippen MR) is 162 cm³/mol. The number of benzene rings is 2. The Morgan fingerprint density at radius 3 is 2.08 bits per heavy atom. The third kappa shape index (κ3) is 13.0. The quantitative estimate of drug-likeness (QED) is 0.184. The minimum absolute atomic E-state index is 0.753. The highest BCUT2D eigenvalue weighted by atomic mass is 16.5. The third-order valence-corrected chi connectivity index (χ3v) is 8.48. The normalized spacial score (nSPS) is 18.9. The van der Waals surface area contributed by atoms with E-state index in [1.165, 1.54) is 107 Å². The van der Waals surface area contributed by atoms with Crippen LogP contribution < -0.4 is 0 Å². The lowest BCUT2D eigenvalue weighted by molar-refractivity contribution is 0.114. The van der Waals surface area contributed by atoms with Crippen LogP contribution in [-0.2, 0) is 17.8 Å². The lowest BCUT2D eigenvalue weighted by Crippen LogP contribution is -2.14. The molecule has 0 bridgehead atoms. The molecule has 1 heteroatoms. The smallest absolute Gasteiger partial charge is 0.0716 e. The zero-order chi connectivity index (χ0) is 26.0. The molecular formula is C36H54O. The van der Waals surface area contributed by atoms with Gasteiger partial charge in [0.25, 0.3) is 0 Å². The van der Waals surface area contributed by atoms with Gasteiger partial charge in [-0.05, 0) is 66.5 Å². The van der Waals surface area contributed by atoms with Crippen molar-refractivity contribution in [3.05, 3.63) is 77.4 Å². The van der Waals surface area contributed by atoms with E-state index in [1.807, 2.05) is 0 Å². The Bertz CT molecular complexity index is 829. The average molecular weight is 503 g/mol. The summed E-state index contributed by atoms with van der Waals surface area (Å²) in [4.78, 5) is 0. The second-order valence-corrected chi connectivity index (χ2v) is 11.8. The maximum absolute atomic E-state index is 5.85. The molecule has 0 aliphatic heterocycles. The molecule has 37 heavy (non-hydrogen) atoms. The summed E-state index contributed by atoms with van der Waals surface area (Å²) in [5.74, 6) is 2.85. The van der Waals surface area contributed by atoms with E-state index < -0.39 is 0 Å². The number of allylic oxidation sites excluding steroid dienone is 1. The van der Waals surface area contributed by atoms with Crippen molar-refractivity contribution >= 4 is 6.08 Å². The Morgan fingerprint density at radius 2 is 1.41 bits per heavy atom. The maximum atomic E-state index is 5.85. The van der Waals surface area contributed by atoms with Crippen molar-refractivity contribution < 1.29 is 4.74 Å². The highest BCUT2D eigenvalue weighted by molar-refractivity contribution is 5.49. The molecule has 1 fully saturated rings. The van der Waals surface area contributed by atoms with E-state index in [4.69, 9.17) is 4.74 Å². The van der Waals surface area contributed by atoms with Gasteiger partial charge in [-0.2, -0.15) is 0 Å². The lowest BCUT2D eigenvalue weighted by atomic mass is 9.77. The van der Waals surface area contributed by atoms with Gasteiger partial charge in [0, 0.05) is 6.61 Å². The van der Waals surface area contributed by atoms with Crippen LogP contribution in [0.2, 0.25) is 0 Å². The number of unbranched alkanes of at least 4 members (excludes halogenated alkanes) is 2. The first-order chi connectivity index (χ1) is 18.2. The van der Waals surface area contributed by atoms with Crippen molar-refractivity contribution in [1.82, 2.24) is 0 Å². The van der Waals surface area contributed by atoms with Crippen LogP contribution in [0.1, 0.15) is 120 Å². The van der Waals surface area contributed by atoms with E-state index in [-0.39, 0.29) is 0 Å². The fourth-order valence-corrected chi connectivity index (χ4v) is 5.99. The van der Waals surface area contributed by atoms with Gasteiger partial charge in [0.1, 0.15) is 0 Å². The minimum atomic E-state index is 0.753. The van der Waals surface area contributed by atoms with Crippen LogP contribution in [0.5, 0.6) is 0 Å². The van der Waals surface area contributed by atoms with E-state index in [2.05, 4.69) is 80.6 Å². The molecule has 0 N–H and O–H groups in total. The Labute approximate surface area is 229 Å². The van der Waals surface area contributed by atoms with E-state index in [0.717, 1.165) is 37.4 Å². The Balaban J connectivity index is 1.13. The number of hydrogen-bond donors (Lipinski definition) is 0. The van der Waals surface area contributed by atoms with Gasteiger partial charge in [-0.15, -0.1) is 0 Å². The molecule has 1 saturated carbocycles.